The number of anilines is 1. The number of nitrogens with zero attached hydrogens (tertiary/aromatic N) is 3. The normalized spacial score (nSPS) is 11.2. The van der Waals surface area contributed by atoms with Crippen molar-refractivity contribution in [2.24, 2.45) is 0 Å². The molecule has 0 spiro atoms. The lowest BCUT2D eigenvalue weighted by Crippen LogP contribution is -2.40. The molecular formula is C20H15Cl2F3N6O3S. The SMILES string of the molecule is CC(=O)NNC(=O)c1cc(Cl)cc(C)c1NC(=O)c1cc(SC(F)(F)F)nn1-c1ncccc1Cl. The number of aryl methyl sites for hydroxylation is 1. The van der Waals surface area contributed by atoms with Gasteiger partial charge in [-0.05, 0) is 36.8 Å². The van der Waals surface area contributed by atoms with Crippen molar-refractivity contribution in [2.45, 2.75) is 24.4 Å². The number of thioether (sulfide) groups is 1. The van der Waals surface area contributed by atoms with Gasteiger partial charge < -0.3 is 5.32 Å². The lowest BCUT2D eigenvalue weighted by atomic mass is 10.1. The summed E-state index contributed by atoms with van der Waals surface area (Å²) in [6.07, 6.45) is 1.33. The molecule has 3 rings (SSSR count). The fraction of sp³-hybridized carbons (Fsp3) is 0.150. The van der Waals surface area contributed by atoms with E-state index in [9.17, 15) is 27.6 Å². The van der Waals surface area contributed by atoms with Gasteiger partial charge in [0.1, 0.15) is 10.7 Å². The zero-order valence-corrected chi connectivity index (χ0v) is 20.2. The minimum atomic E-state index is -4.66. The fourth-order valence-corrected chi connectivity index (χ4v) is 3.87. The second-order valence-corrected chi connectivity index (χ2v) is 8.80. The van der Waals surface area contributed by atoms with Gasteiger partial charge in [-0.1, -0.05) is 23.2 Å². The molecule has 0 fully saturated rings. The van der Waals surface area contributed by atoms with Gasteiger partial charge in [-0.15, -0.1) is 0 Å². The topological polar surface area (TPSA) is 118 Å². The van der Waals surface area contributed by atoms with Crippen molar-refractivity contribution in [3.05, 3.63) is 63.4 Å². The van der Waals surface area contributed by atoms with Gasteiger partial charge in [0.15, 0.2) is 5.82 Å². The molecule has 2 aromatic heterocycles. The van der Waals surface area contributed by atoms with Crippen LogP contribution in [0.5, 0.6) is 0 Å². The first-order chi connectivity index (χ1) is 16.4. The Kier molecular flexibility index (Phi) is 7.93. The Morgan fingerprint density at radius 2 is 1.80 bits per heavy atom. The first-order valence-corrected chi connectivity index (χ1v) is 11.1. The Morgan fingerprint density at radius 3 is 2.43 bits per heavy atom. The summed E-state index contributed by atoms with van der Waals surface area (Å²) in [7, 11) is 0. The van der Waals surface area contributed by atoms with Crippen molar-refractivity contribution in [1.29, 1.82) is 0 Å². The second kappa shape index (κ2) is 10.5. The van der Waals surface area contributed by atoms with Gasteiger partial charge in [0.25, 0.3) is 11.8 Å². The van der Waals surface area contributed by atoms with Gasteiger partial charge in [0, 0.05) is 36.0 Å². The van der Waals surface area contributed by atoms with Crippen molar-refractivity contribution in [3.63, 3.8) is 0 Å². The number of rotatable bonds is 5. The highest BCUT2D eigenvalue weighted by Gasteiger charge is 2.32. The zero-order chi connectivity index (χ0) is 25.9. The molecule has 0 unspecified atom stereocenters. The van der Waals surface area contributed by atoms with Crippen LogP contribution >= 0.6 is 35.0 Å². The van der Waals surface area contributed by atoms with Crippen molar-refractivity contribution >= 4 is 58.4 Å². The summed E-state index contributed by atoms with van der Waals surface area (Å²) in [5.41, 5.74) is -0.457. The summed E-state index contributed by atoms with van der Waals surface area (Å²) in [5.74, 6) is -2.33. The van der Waals surface area contributed by atoms with Crippen LogP contribution in [0.25, 0.3) is 5.82 Å². The van der Waals surface area contributed by atoms with Crippen LogP contribution in [-0.2, 0) is 4.79 Å². The number of alkyl halides is 3. The number of pyridine rings is 1. The van der Waals surface area contributed by atoms with E-state index in [1.165, 1.54) is 37.4 Å². The Hall–Kier alpha value is -3.29. The Bertz CT molecular complexity index is 1320. The van der Waals surface area contributed by atoms with Crippen molar-refractivity contribution < 1.29 is 27.6 Å². The van der Waals surface area contributed by atoms with E-state index >= 15 is 0 Å². The number of hydrogen-bond donors (Lipinski definition) is 3. The van der Waals surface area contributed by atoms with E-state index in [-0.39, 0.29) is 32.8 Å². The summed E-state index contributed by atoms with van der Waals surface area (Å²) in [4.78, 5) is 40.9. The molecule has 0 saturated carbocycles. The molecule has 1 aromatic carbocycles. The van der Waals surface area contributed by atoms with E-state index in [0.29, 0.717) is 5.56 Å². The van der Waals surface area contributed by atoms with Crippen LogP contribution in [0.4, 0.5) is 18.9 Å². The largest absolute Gasteiger partial charge is 0.447 e. The lowest BCUT2D eigenvalue weighted by Gasteiger charge is -2.15. The first-order valence-electron chi connectivity index (χ1n) is 9.51. The predicted octanol–water partition coefficient (Wildman–Crippen LogP) is 4.53. The van der Waals surface area contributed by atoms with Gasteiger partial charge in [-0.25, -0.2) is 9.67 Å². The van der Waals surface area contributed by atoms with E-state index in [0.717, 1.165) is 10.7 Å². The molecule has 2 heterocycles. The molecule has 3 N–H and O–H groups in total. The predicted molar refractivity (Wildman–Crippen MR) is 124 cm³/mol. The summed E-state index contributed by atoms with van der Waals surface area (Å²) in [6.45, 7) is 2.72. The quantitative estimate of drug-likeness (QED) is 0.319. The highest BCUT2D eigenvalue weighted by molar-refractivity contribution is 8.00. The highest BCUT2D eigenvalue weighted by atomic mass is 35.5. The molecular weight excluding hydrogens is 532 g/mol. The van der Waals surface area contributed by atoms with Gasteiger partial charge in [0.05, 0.1) is 16.3 Å². The maximum Gasteiger partial charge on any atom is 0.447 e. The number of benzene rings is 1. The van der Waals surface area contributed by atoms with Gasteiger partial charge in [0.2, 0.25) is 5.91 Å². The molecule has 3 amide bonds. The molecule has 0 atom stereocenters. The standard InChI is InChI=1S/C20H15Cl2F3N6O3S/c1-9-6-11(21)7-12(18(33)29-28-10(2)32)16(9)27-19(34)14-8-15(35-20(23,24)25)30-31(14)17-13(22)4-3-5-26-17/h3-8H,1-2H3,(H,27,34)(H,28,32)(H,29,33). The van der Waals surface area contributed by atoms with Crippen molar-refractivity contribution in [1.82, 2.24) is 25.6 Å². The molecule has 184 valence electrons. The number of hydrazine groups is 1. The van der Waals surface area contributed by atoms with E-state index in [1.807, 2.05) is 0 Å². The number of amides is 3. The zero-order valence-electron chi connectivity index (χ0n) is 17.8. The van der Waals surface area contributed by atoms with Crippen LogP contribution in [0.1, 0.15) is 33.3 Å². The highest BCUT2D eigenvalue weighted by Crippen LogP contribution is 2.37. The minimum Gasteiger partial charge on any atom is -0.320 e. The molecule has 0 saturated heterocycles. The van der Waals surface area contributed by atoms with E-state index < -0.39 is 40.0 Å². The maximum absolute atomic E-state index is 13.2. The fourth-order valence-electron chi connectivity index (χ4n) is 2.86. The third-order valence-electron chi connectivity index (χ3n) is 4.22. The summed E-state index contributed by atoms with van der Waals surface area (Å²) in [5, 5.41) is 6.02. The third kappa shape index (κ3) is 6.65. The molecule has 0 radical (unpaired) electrons. The van der Waals surface area contributed by atoms with Gasteiger partial charge in [-0.2, -0.15) is 18.3 Å². The van der Waals surface area contributed by atoms with Crippen LogP contribution in [0, 0.1) is 6.92 Å². The molecule has 0 aliphatic rings. The van der Waals surface area contributed by atoms with Crippen LogP contribution in [0.3, 0.4) is 0 Å². The number of carbonyl (C=O) groups excluding carboxylic acids is 3. The lowest BCUT2D eigenvalue weighted by molar-refractivity contribution is -0.119. The van der Waals surface area contributed by atoms with E-state index in [4.69, 9.17) is 23.2 Å². The molecule has 3 aromatic rings. The Balaban J connectivity index is 2.05. The number of hydrogen-bond acceptors (Lipinski definition) is 6. The number of aromatic nitrogens is 3. The minimum absolute atomic E-state index is 0.00662. The Labute approximate surface area is 210 Å². The van der Waals surface area contributed by atoms with Crippen LogP contribution < -0.4 is 16.2 Å². The summed E-state index contributed by atoms with van der Waals surface area (Å²) < 4.78 is 39.7. The third-order valence-corrected chi connectivity index (χ3v) is 5.37. The van der Waals surface area contributed by atoms with Crippen molar-refractivity contribution in [2.75, 3.05) is 5.32 Å². The molecule has 35 heavy (non-hydrogen) atoms. The number of carbonyl (C=O) groups is 3. The van der Waals surface area contributed by atoms with E-state index in [1.54, 1.807) is 6.92 Å². The number of nitrogens with one attached hydrogen (secondary N) is 3. The summed E-state index contributed by atoms with van der Waals surface area (Å²) in [6, 6.07) is 6.55. The van der Waals surface area contributed by atoms with Crippen LogP contribution in [0.15, 0.2) is 41.6 Å². The Morgan fingerprint density at radius 1 is 1.09 bits per heavy atom. The van der Waals surface area contributed by atoms with Crippen molar-refractivity contribution in [3.8, 4) is 5.82 Å². The molecule has 9 nitrogen and oxygen atoms in total. The van der Waals surface area contributed by atoms with Gasteiger partial charge >= 0.3 is 5.51 Å². The molecule has 0 aliphatic carbocycles. The average Bonchev–Trinajstić information content (AvgIpc) is 3.15. The molecule has 0 aliphatic heterocycles. The second-order valence-electron chi connectivity index (χ2n) is 6.87. The summed E-state index contributed by atoms with van der Waals surface area (Å²) >= 11 is 11.6. The molecule has 15 heteroatoms. The first kappa shape index (κ1) is 26.3. The smallest absolute Gasteiger partial charge is 0.320 e. The van der Waals surface area contributed by atoms with Crippen LogP contribution in [-0.4, -0.2) is 38.0 Å². The maximum atomic E-state index is 13.2. The average molecular weight is 547 g/mol. The monoisotopic (exact) mass is 546 g/mol. The van der Waals surface area contributed by atoms with E-state index in [2.05, 4.69) is 26.3 Å². The molecule has 0 bridgehead atoms. The van der Waals surface area contributed by atoms with Crippen LogP contribution in [0.2, 0.25) is 10.0 Å². The van der Waals surface area contributed by atoms with Gasteiger partial charge in [-0.3, -0.25) is 25.2 Å². The number of halogens is 5.